The van der Waals surface area contributed by atoms with Gasteiger partial charge in [-0.3, -0.25) is 0 Å². The summed E-state index contributed by atoms with van der Waals surface area (Å²) in [5.74, 6) is 2.03. The number of hydrogen-bond donors (Lipinski definition) is 1. The fourth-order valence-corrected chi connectivity index (χ4v) is 4.43. The van der Waals surface area contributed by atoms with E-state index in [1.807, 2.05) is 25.3 Å². The third kappa shape index (κ3) is 2.37. The Hall–Kier alpha value is -1.06. The minimum atomic E-state index is 0.271. The first-order valence-corrected chi connectivity index (χ1v) is 7.86. The topological polar surface area (TPSA) is 25.2 Å². The highest BCUT2D eigenvalue weighted by Gasteiger charge is 2.22. The summed E-state index contributed by atoms with van der Waals surface area (Å²) in [6.45, 7) is 4.07. The highest BCUT2D eigenvalue weighted by molar-refractivity contribution is 7.12. The number of hydrogen-bond acceptors (Lipinski definition) is 3. The Morgan fingerprint density at radius 3 is 2.63 bits per heavy atom. The fraction of sp³-hybridized carbons (Fsp3) is 0.500. The van der Waals surface area contributed by atoms with Crippen LogP contribution in [0, 0.1) is 13.8 Å². The number of nitrogens with one attached hydrogen (secondary N) is 1. The standard InChI is InChI=1S/C16H21NOS/c1-10-8-13(11(2)18-10)16(17-3)15-9-12-6-4-5-7-14(12)19-15/h8-9,16-17H,4-7H2,1-3H3. The van der Waals surface area contributed by atoms with Crippen molar-refractivity contribution in [1.82, 2.24) is 5.32 Å². The van der Waals surface area contributed by atoms with Gasteiger partial charge in [0.2, 0.25) is 0 Å². The molecule has 2 aromatic rings. The van der Waals surface area contributed by atoms with Gasteiger partial charge in [-0.2, -0.15) is 0 Å². The molecule has 0 radical (unpaired) electrons. The van der Waals surface area contributed by atoms with E-state index in [-0.39, 0.29) is 6.04 Å². The Kier molecular flexibility index (Phi) is 3.50. The van der Waals surface area contributed by atoms with E-state index in [0.717, 1.165) is 11.5 Å². The summed E-state index contributed by atoms with van der Waals surface area (Å²) in [5, 5.41) is 3.45. The summed E-state index contributed by atoms with van der Waals surface area (Å²) in [6, 6.07) is 4.84. The summed E-state index contributed by atoms with van der Waals surface area (Å²) >= 11 is 1.98. The van der Waals surface area contributed by atoms with Crippen LogP contribution in [0.1, 0.15) is 51.3 Å². The van der Waals surface area contributed by atoms with Crippen LogP contribution in [-0.4, -0.2) is 7.05 Å². The predicted octanol–water partition coefficient (Wildman–Crippen LogP) is 4.15. The highest BCUT2D eigenvalue weighted by Crippen LogP contribution is 2.36. The number of thiophene rings is 1. The third-order valence-corrected chi connectivity index (χ3v) is 5.28. The van der Waals surface area contributed by atoms with E-state index in [1.165, 1.54) is 36.1 Å². The maximum Gasteiger partial charge on any atom is 0.106 e. The van der Waals surface area contributed by atoms with Crippen molar-refractivity contribution in [1.29, 1.82) is 0 Å². The molecule has 1 aliphatic rings. The Balaban J connectivity index is 1.98. The smallest absolute Gasteiger partial charge is 0.106 e. The van der Waals surface area contributed by atoms with Crippen molar-refractivity contribution >= 4 is 11.3 Å². The van der Waals surface area contributed by atoms with Gasteiger partial charge in [-0.15, -0.1) is 11.3 Å². The van der Waals surface area contributed by atoms with E-state index < -0.39 is 0 Å². The minimum absolute atomic E-state index is 0.271. The molecule has 3 rings (SSSR count). The van der Waals surface area contributed by atoms with Crippen molar-refractivity contribution in [3.8, 4) is 0 Å². The van der Waals surface area contributed by atoms with Crippen LogP contribution in [0.25, 0.3) is 0 Å². The first kappa shape index (κ1) is 12.9. The van der Waals surface area contributed by atoms with E-state index in [4.69, 9.17) is 4.42 Å². The van der Waals surface area contributed by atoms with Crippen molar-refractivity contribution in [2.75, 3.05) is 7.05 Å². The molecule has 1 N–H and O–H groups in total. The average Bonchev–Trinajstić information content (AvgIpc) is 2.94. The van der Waals surface area contributed by atoms with Crippen molar-refractivity contribution < 1.29 is 4.42 Å². The zero-order valence-electron chi connectivity index (χ0n) is 11.9. The number of rotatable bonds is 3. The third-order valence-electron chi connectivity index (χ3n) is 3.98. The molecule has 102 valence electrons. The molecule has 1 aliphatic carbocycles. The maximum atomic E-state index is 5.69. The van der Waals surface area contributed by atoms with Crippen LogP contribution in [0.5, 0.6) is 0 Å². The monoisotopic (exact) mass is 275 g/mol. The molecule has 0 aromatic carbocycles. The molecule has 0 fully saturated rings. The van der Waals surface area contributed by atoms with Gasteiger partial charge < -0.3 is 9.73 Å². The van der Waals surface area contributed by atoms with Crippen LogP contribution in [-0.2, 0) is 12.8 Å². The SMILES string of the molecule is CNC(c1cc2c(s1)CCCC2)c1cc(C)oc1C. The molecule has 19 heavy (non-hydrogen) atoms. The average molecular weight is 275 g/mol. The summed E-state index contributed by atoms with van der Waals surface area (Å²) in [7, 11) is 2.03. The Morgan fingerprint density at radius 1 is 1.21 bits per heavy atom. The zero-order valence-corrected chi connectivity index (χ0v) is 12.7. The van der Waals surface area contributed by atoms with E-state index in [1.54, 1.807) is 10.4 Å². The van der Waals surface area contributed by atoms with Crippen LogP contribution in [0.15, 0.2) is 16.5 Å². The van der Waals surface area contributed by atoms with E-state index >= 15 is 0 Å². The van der Waals surface area contributed by atoms with Crippen molar-refractivity contribution in [3.05, 3.63) is 44.5 Å². The summed E-state index contributed by atoms with van der Waals surface area (Å²) in [4.78, 5) is 3.03. The lowest BCUT2D eigenvalue weighted by Gasteiger charge is -2.13. The molecular formula is C16H21NOS. The highest BCUT2D eigenvalue weighted by atomic mass is 32.1. The molecule has 2 heterocycles. The molecule has 1 unspecified atom stereocenters. The molecule has 0 saturated carbocycles. The summed E-state index contributed by atoms with van der Waals surface area (Å²) in [6.07, 6.45) is 5.21. The summed E-state index contributed by atoms with van der Waals surface area (Å²) in [5.41, 5.74) is 2.85. The minimum Gasteiger partial charge on any atom is -0.466 e. The van der Waals surface area contributed by atoms with Gasteiger partial charge in [-0.25, -0.2) is 0 Å². The van der Waals surface area contributed by atoms with Crippen molar-refractivity contribution in [2.24, 2.45) is 0 Å². The van der Waals surface area contributed by atoms with Gasteiger partial charge in [0.25, 0.3) is 0 Å². The maximum absolute atomic E-state index is 5.69. The Bertz CT molecular complexity index is 558. The molecule has 3 heteroatoms. The fourth-order valence-electron chi connectivity index (χ4n) is 3.04. The van der Waals surface area contributed by atoms with E-state index in [9.17, 15) is 0 Å². The summed E-state index contributed by atoms with van der Waals surface area (Å²) < 4.78 is 5.69. The molecular weight excluding hydrogens is 254 g/mol. The molecule has 0 amide bonds. The van der Waals surface area contributed by atoms with E-state index in [2.05, 4.69) is 24.4 Å². The molecule has 0 bridgehead atoms. The largest absolute Gasteiger partial charge is 0.466 e. The molecule has 2 nitrogen and oxygen atoms in total. The molecule has 0 saturated heterocycles. The van der Waals surface area contributed by atoms with Crippen molar-refractivity contribution in [2.45, 2.75) is 45.6 Å². The van der Waals surface area contributed by atoms with E-state index in [0.29, 0.717) is 0 Å². The lowest BCUT2D eigenvalue weighted by molar-refractivity contribution is 0.497. The molecule has 1 atom stereocenters. The normalized spacial score (nSPS) is 16.4. The second-order valence-corrected chi connectivity index (χ2v) is 6.56. The van der Waals surface area contributed by atoms with Gasteiger partial charge in [-0.05, 0) is 64.3 Å². The van der Waals surface area contributed by atoms with Crippen LogP contribution in [0.4, 0.5) is 0 Å². The second kappa shape index (κ2) is 5.14. The Labute approximate surface area is 118 Å². The molecule has 0 aliphatic heterocycles. The van der Waals surface area contributed by atoms with Crippen molar-refractivity contribution in [3.63, 3.8) is 0 Å². The number of furan rings is 1. The van der Waals surface area contributed by atoms with Gasteiger partial charge in [0.15, 0.2) is 0 Å². The quantitative estimate of drug-likeness (QED) is 0.910. The predicted molar refractivity (Wildman–Crippen MR) is 80.0 cm³/mol. The molecule has 2 aromatic heterocycles. The zero-order chi connectivity index (χ0) is 13.4. The lowest BCUT2D eigenvalue weighted by Crippen LogP contribution is -2.16. The first-order chi connectivity index (χ1) is 9.19. The van der Waals surface area contributed by atoms with Gasteiger partial charge in [0, 0.05) is 15.3 Å². The second-order valence-electron chi connectivity index (χ2n) is 5.39. The number of fused-ring (bicyclic) bond motifs is 1. The van der Waals surface area contributed by atoms with Gasteiger partial charge in [0.1, 0.15) is 11.5 Å². The van der Waals surface area contributed by atoms with Crippen LogP contribution >= 0.6 is 11.3 Å². The number of aryl methyl sites for hydroxylation is 4. The molecule has 0 spiro atoms. The van der Waals surface area contributed by atoms with Gasteiger partial charge in [0.05, 0.1) is 6.04 Å². The van der Waals surface area contributed by atoms with Crippen LogP contribution in [0.3, 0.4) is 0 Å². The van der Waals surface area contributed by atoms with Crippen LogP contribution in [0.2, 0.25) is 0 Å². The Morgan fingerprint density at radius 2 is 2.00 bits per heavy atom. The van der Waals surface area contributed by atoms with Gasteiger partial charge >= 0.3 is 0 Å². The lowest BCUT2D eigenvalue weighted by atomic mass is 9.98. The van der Waals surface area contributed by atoms with Crippen LogP contribution < -0.4 is 5.32 Å². The van der Waals surface area contributed by atoms with Gasteiger partial charge in [-0.1, -0.05) is 0 Å². The first-order valence-electron chi connectivity index (χ1n) is 7.04.